The summed E-state index contributed by atoms with van der Waals surface area (Å²) in [6, 6.07) is 5.50. The van der Waals surface area contributed by atoms with Crippen molar-refractivity contribution >= 4 is 33.9 Å². The van der Waals surface area contributed by atoms with Crippen LogP contribution in [0.3, 0.4) is 0 Å². The Balaban J connectivity index is 1.93. The first-order valence-electron chi connectivity index (χ1n) is 8.38. The van der Waals surface area contributed by atoms with Crippen LogP contribution in [-0.4, -0.2) is 23.4 Å². The van der Waals surface area contributed by atoms with Crippen molar-refractivity contribution in [3.05, 3.63) is 55.9 Å². The van der Waals surface area contributed by atoms with Gasteiger partial charge >= 0.3 is 5.97 Å². The topological polar surface area (TPSA) is 98.5 Å². The van der Waals surface area contributed by atoms with Crippen molar-refractivity contribution in [3.63, 3.8) is 0 Å². The first-order valence-corrected chi connectivity index (χ1v) is 9.20. The van der Waals surface area contributed by atoms with E-state index in [4.69, 9.17) is 4.74 Å². The second-order valence-electron chi connectivity index (χ2n) is 5.90. The molecule has 0 fully saturated rings. The van der Waals surface area contributed by atoms with Crippen molar-refractivity contribution in [1.29, 1.82) is 0 Å². The fraction of sp³-hybridized carbons (Fsp3) is 0.333. The van der Waals surface area contributed by atoms with E-state index in [9.17, 15) is 19.7 Å². The van der Waals surface area contributed by atoms with Crippen molar-refractivity contribution in [2.75, 3.05) is 11.9 Å². The fourth-order valence-electron chi connectivity index (χ4n) is 3.01. The zero-order chi connectivity index (χ0) is 18.7. The summed E-state index contributed by atoms with van der Waals surface area (Å²) in [6.45, 7) is 1.99. The summed E-state index contributed by atoms with van der Waals surface area (Å²) < 4.78 is 5.16. The van der Waals surface area contributed by atoms with Crippen LogP contribution in [-0.2, 0) is 17.6 Å². The molecule has 0 aliphatic heterocycles. The highest BCUT2D eigenvalue weighted by atomic mass is 32.1. The van der Waals surface area contributed by atoms with Crippen LogP contribution >= 0.6 is 11.3 Å². The lowest BCUT2D eigenvalue weighted by molar-refractivity contribution is -0.384. The van der Waals surface area contributed by atoms with Gasteiger partial charge in [0.2, 0.25) is 0 Å². The number of nitro benzene ring substituents is 1. The molecule has 1 aromatic carbocycles. The minimum atomic E-state index is -0.551. The molecule has 0 bridgehead atoms. The Bertz CT molecular complexity index is 874. The second kappa shape index (κ2) is 7.65. The first kappa shape index (κ1) is 18.1. The van der Waals surface area contributed by atoms with Gasteiger partial charge in [-0.05, 0) is 44.2 Å². The molecule has 1 aromatic heterocycles. The lowest BCUT2D eigenvalue weighted by Crippen LogP contribution is -2.15. The molecule has 1 heterocycles. The number of amides is 1. The minimum Gasteiger partial charge on any atom is -0.462 e. The average molecular weight is 374 g/mol. The number of nitrogens with one attached hydrogen (secondary N) is 1. The summed E-state index contributed by atoms with van der Waals surface area (Å²) >= 11 is 1.38. The molecule has 0 saturated carbocycles. The number of nitrogens with zero attached hydrogens (tertiary/aromatic N) is 1. The number of esters is 1. The maximum absolute atomic E-state index is 12.6. The Hall–Kier alpha value is -2.74. The van der Waals surface area contributed by atoms with Crippen LogP contribution in [0, 0.1) is 10.1 Å². The summed E-state index contributed by atoms with van der Waals surface area (Å²) in [4.78, 5) is 36.4. The highest BCUT2D eigenvalue weighted by molar-refractivity contribution is 7.17. The Morgan fingerprint density at radius 3 is 2.81 bits per heavy atom. The molecule has 1 aliphatic rings. The standard InChI is InChI=1S/C18H18N2O5S/c1-2-25-18(22)15-13-8-3-4-9-14(13)26-17(15)19-16(21)11-6-5-7-12(10-11)20(23)24/h5-7,10H,2-4,8-9H2,1H3,(H,19,21). The number of anilines is 1. The van der Waals surface area contributed by atoms with Gasteiger partial charge in [0.1, 0.15) is 5.00 Å². The second-order valence-corrected chi connectivity index (χ2v) is 7.00. The number of nitro groups is 1. The largest absolute Gasteiger partial charge is 0.462 e. The van der Waals surface area contributed by atoms with E-state index in [0.29, 0.717) is 10.6 Å². The minimum absolute atomic E-state index is 0.159. The number of carbonyl (C=O) groups excluding carboxylic acids is 2. The predicted octanol–water partition coefficient (Wildman–Crippen LogP) is 3.96. The molecule has 0 radical (unpaired) electrons. The first-order chi connectivity index (χ1) is 12.5. The summed E-state index contributed by atoms with van der Waals surface area (Å²) in [5.41, 5.74) is 1.38. The smallest absolute Gasteiger partial charge is 0.341 e. The van der Waals surface area contributed by atoms with E-state index in [0.717, 1.165) is 36.1 Å². The quantitative estimate of drug-likeness (QED) is 0.485. The Kier molecular flexibility index (Phi) is 5.32. The monoisotopic (exact) mass is 374 g/mol. The van der Waals surface area contributed by atoms with Crippen molar-refractivity contribution in [2.45, 2.75) is 32.6 Å². The van der Waals surface area contributed by atoms with E-state index in [2.05, 4.69) is 5.32 Å². The zero-order valence-corrected chi connectivity index (χ0v) is 15.1. The lowest BCUT2D eigenvalue weighted by atomic mass is 9.95. The Morgan fingerprint density at radius 2 is 2.08 bits per heavy atom. The number of fused-ring (bicyclic) bond motifs is 1. The molecular weight excluding hydrogens is 356 g/mol. The van der Waals surface area contributed by atoms with Gasteiger partial charge in [0.15, 0.2) is 0 Å². The van der Waals surface area contributed by atoms with Crippen molar-refractivity contribution in [1.82, 2.24) is 0 Å². The molecule has 1 aliphatic carbocycles. The van der Waals surface area contributed by atoms with Gasteiger partial charge in [-0.15, -0.1) is 11.3 Å². The highest BCUT2D eigenvalue weighted by Crippen LogP contribution is 2.38. The van der Waals surface area contributed by atoms with E-state index >= 15 is 0 Å². The zero-order valence-electron chi connectivity index (χ0n) is 14.2. The van der Waals surface area contributed by atoms with E-state index in [1.165, 1.54) is 35.6 Å². The van der Waals surface area contributed by atoms with Gasteiger partial charge in [-0.3, -0.25) is 14.9 Å². The molecule has 0 atom stereocenters. The molecule has 3 rings (SSSR count). The van der Waals surface area contributed by atoms with Gasteiger partial charge in [-0.25, -0.2) is 4.79 Å². The van der Waals surface area contributed by atoms with E-state index in [-0.39, 0.29) is 17.9 Å². The van der Waals surface area contributed by atoms with Gasteiger partial charge in [0.25, 0.3) is 11.6 Å². The van der Waals surface area contributed by atoms with Crippen LogP contribution in [0.1, 0.15) is 50.9 Å². The summed E-state index contributed by atoms with van der Waals surface area (Å²) in [5.74, 6) is -0.931. The number of aryl methyl sites for hydroxylation is 1. The van der Waals surface area contributed by atoms with Crippen molar-refractivity contribution < 1.29 is 19.2 Å². The molecule has 0 unspecified atom stereocenters. The third-order valence-electron chi connectivity index (χ3n) is 4.20. The van der Waals surface area contributed by atoms with Gasteiger partial charge in [0.05, 0.1) is 17.1 Å². The van der Waals surface area contributed by atoms with E-state index in [1.54, 1.807) is 6.92 Å². The Morgan fingerprint density at radius 1 is 1.31 bits per heavy atom. The number of hydrogen-bond donors (Lipinski definition) is 1. The molecule has 1 N–H and O–H groups in total. The van der Waals surface area contributed by atoms with E-state index < -0.39 is 16.8 Å². The third-order valence-corrected chi connectivity index (χ3v) is 5.40. The van der Waals surface area contributed by atoms with Crippen LogP contribution in [0.15, 0.2) is 24.3 Å². The number of carbonyl (C=O) groups is 2. The van der Waals surface area contributed by atoms with Gasteiger partial charge in [-0.2, -0.15) is 0 Å². The van der Waals surface area contributed by atoms with Gasteiger partial charge in [0, 0.05) is 22.6 Å². The lowest BCUT2D eigenvalue weighted by Gasteiger charge is -2.12. The van der Waals surface area contributed by atoms with Gasteiger partial charge in [-0.1, -0.05) is 6.07 Å². The number of rotatable bonds is 5. The van der Waals surface area contributed by atoms with E-state index in [1.807, 2.05) is 0 Å². The fourth-order valence-corrected chi connectivity index (χ4v) is 4.28. The number of thiophene rings is 1. The molecule has 136 valence electrons. The van der Waals surface area contributed by atoms with Crippen LogP contribution < -0.4 is 5.32 Å². The SMILES string of the molecule is CCOC(=O)c1c(NC(=O)c2cccc([N+](=O)[O-])c2)sc2c1CCCC2. The summed E-state index contributed by atoms with van der Waals surface area (Å²) in [7, 11) is 0. The molecule has 2 aromatic rings. The third kappa shape index (κ3) is 3.60. The van der Waals surface area contributed by atoms with Crippen LogP contribution in [0.5, 0.6) is 0 Å². The number of non-ortho nitro benzene ring substituents is 1. The molecule has 7 nitrogen and oxygen atoms in total. The molecule has 8 heteroatoms. The molecule has 0 spiro atoms. The number of ether oxygens (including phenoxy) is 1. The maximum Gasteiger partial charge on any atom is 0.341 e. The van der Waals surface area contributed by atoms with Gasteiger partial charge < -0.3 is 10.1 Å². The predicted molar refractivity (Wildman–Crippen MR) is 98.0 cm³/mol. The Labute approximate surface area is 154 Å². The normalized spacial score (nSPS) is 13.0. The molecular formula is C18H18N2O5S. The molecule has 1 amide bonds. The van der Waals surface area contributed by atoms with Crippen molar-refractivity contribution in [3.8, 4) is 0 Å². The summed E-state index contributed by atoms with van der Waals surface area (Å²) in [5, 5.41) is 14.1. The highest BCUT2D eigenvalue weighted by Gasteiger charge is 2.27. The number of hydrogen-bond acceptors (Lipinski definition) is 6. The molecule has 0 saturated heterocycles. The maximum atomic E-state index is 12.6. The molecule has 26 heavy (non-hydrogen) atoms. The number of benzene rings is 1. The van der Waals surface area contributed by atoms with Crippen LogP contribution in [0.25, 0.3) is 0 Å². The van der Waals surface area contributed by atoms with Crippen LogP contribution in [0.4, 0.5) is 10.7 Å². The van der Waals surface area contributed by atoms with Crippen LogP contribution in [0.2, 0.25) is 0 Å². The average Bonchev–Trinajstić information content (AvgIpc) is 2.99. The van der Waals surface area contributed by atoms with Crippen molar-refractivity contribution in [2.24, 2.45) is 0 Å². The summed E-state index contributed by atoms with van der Waals surface area (Å²) in [6.07, 6.45) is 3.70.